The van der Waals surface area contributed by atoms with Gasteiger partial charge in [-0.05, 0) is 49.5 Å². The van der Waals surface area contributed by atoms with Gasteiger partial charge in [-0.2, -0.15) is 5.26 Å². The molecule has 1 aromatic carbocycles. The zero-order valence-corrected chi connectivity index (χ0v) is 19.9. The molecule has 0 aliphatic carbocycles. The van der Waals surface area contributed by atoms with E-state index in [-0.39, 0.29) is 11.6 Å². The van der Waals surface area contributed by atoms with E-state index in [1.807, 2.05) is 61.9 Å². The van der Waals surface area contributed by atoms with E-state index >= 15 is 0 Å². The van der Waals surface area contributed by atoms with E-state index < -0.39 is 0 Å². The number of aromatic amines is 1. The van der Waals surface area contributed by atoms with Gasteiger partial charge in [0.2, 0.25) is 0 Å². The first-order chi connectivity index (χ1) is 17.0. The molecule has 178 valence electrons. The topological polar surface area (TPSA) is 90.2 Å². The van der Waals surface area contributed by atoms with Gasteiger partial charge < -0.3 is 24.1 Å². The third kappa shape index (κ3) is 4.69. The Labute approximate surface area is 204 Å². The maximum absolute atomic E-state index is 13.4. The second-order valence-electron chi connectivity index (χ2n) is 9.07. The minimum Gasteiger partial charge on any atom is -0.378 e. The molecule has 8 nitrogen and oxygen atoms in total. The van der Waals surface area contributed by atoms with Crippen LogP contribution in [0.1, 0.15) is 17.2 Å². The fourth-order valence-electron chi connectivity index (χ4n) is 4.66. The number of benzene rings is 1. The molecule has 1 aliphatic heterocycles. The molecule has 0 saturated carbocycles. The summed E-state index contributed by atoms with van der Waals surface area (Å²) >= 11 is 0. The Hall–Kier alpha value is -3.93. The minimum atomic E-state index is -0.211. The lowest BCUT2D eigenvalue weighted by atomic mass is 10.0. The Morgan fingerprint density at radius 1 is 1.20 bits per heavy atom. The first-order valence-electron chi connectivity index (χ1n) is 11.7. The fourth-order valence-corrected chi connectivity index (χ4v) is 4.66. The SMILES string of the molecule is CN(C)CC(c1cccc(C#N)c1)n1ccc(-c2c[nH]c3ncc(N4CCOCC4)cc23)cc1=O. The Kier molecular flexibility index (Phi) is 6.36. The van der Waals surface area contributed by atoms with Crippen LogP contribution in [0.2, 0.25) is 0 Å². The van der Waals surface area contributed by atoms with Crippen molar-refractivity contribution in [3.8, 4) is 17.2 Å². The predicted molar refractivity (Wildman–Crippen MR) is 137 cm³/mol. The van der Waals surface area contributed by atoms with Crippen LogP contribution >= 0.6 is 0 Å². The quantitative estimate of drug-likeness (QED) is 0.467. The van der Waals surface area contributed by atoms with Crippen molar-refractivity contribution in [1.82, 2.24) is 19.4 Å². The van der Waals surface area contributed by atoms with Crippen LogP contribution in [0, 0.1) is 11.3 Å². The Morgan fingerprint density at radius 3 is 2.77 bits per heavy atom. The molecule has 8 heteroatoms. The standard InChI is InChI=1S/C27H28N6O2/c1-31(2)18-25(21-5-3-4-19(12-21)15-28)33-7-6-20(13-26(33)34)24-17-30-27-23(24)14-22(16-29-27)32-8-10-35-11-9-32/h3-7,12-14,16-17,25H,8-11,18H2,1-2H3,(H,29,30). The molecule has 4 aromatic rings. The normalized spacial score (nSPS) is 14.9. The van der Waals surface area contributed by atoms with Gasteiger partial charge in [0.1, 0.15) is 5.65 Å². The van der Waals surface area contributed by atoms with Crippen molar-refractivity contribution in [2.75, 3.05) is 51.8 Å². The molecule has 1 fully saturated rings. The molecule has 35 heavy (non-hydrogen) atoms. The average Bonchev–Trinajstić information content (AvgIpc) is 3.31. The molecule has 1 unspecified atom stereocenters. The van der Waals surface area contributed by atoms with E-state index in [2.05, 4.69) is 27.0 Å². The van der Waals surface area contributed by atoms with Crippen LogP contribution in [0.25, 0.3) is 22.2 Å². The number of pyridine rings is 2. The zero-order chi connectivity index (χ0) is 24.4. The zero-order valence-electron chi connectivity index (χ0n) is 19.9. The number of nitrogens with zero attached hydrogens (tertiary/aromatic N) is 5. The van der Waals surface area contributed by atoms with Gasteiger partial charge in [0.05, 0.1) is 42.8 Å². The Morgan fingerprint density at radius 2 is 2.03 bits per heavy atom. The van der Waals surface area contributed by atoms with E-state index in [0.29, 0.717) is 25.3 Å². The van der Waals surface area contributed by atoms with Crippen LogP contribution in [-0.4, -0.2) is 66.4 Å². The summed E-state index contributed by atoms with van der Waals surface area (Å²) in [6.07, 6.45) is 5.64. The van der Waals surface area contributed by atoms with Crippen molar-refractivity contribution in [2.24, 2.45) is 0 Å². The highest BCUT2D eigenvalue weighted by molar-refractivity contribution is 5.95. The van der Waals surface area contributed by atoms with E-state index in [1.54, 1.807) is 16.7 Å². The van der Waals surface area contributed by atoms with Crippen molar-refractivity contribution in [3.63, 3.8) is 0 Å². The number of hydrogen-bond donors (Lipinski definition) is 1. The van der Waals surface area contributed by atoms with Gasteiger partial charge in [0, 0.05) is 49.0 Å². The highest BCUT2D eigenvalue weighted by Crippen LogP contribution is 2.30. The van der Waals surface area contributed by atoms with Gasteiger partial charge in [0.15, 0.2) is 0 Å². The number of rotatable bonds is 6. The highest BCUT2D eigenvalue weighted by atomic mass is 16.5. The van der Waals surface area contributed by atoms with E-state index in [1.165, 1.54) is 0 Å². The molecule has 1 atom stereocenters. The molecule has 0 bridgehead atoms. The number of nitriles is 1. The molecule has 4 heterocycles. The molecule has 1 saturated heterocycles. The van der Waals surface area contributed by atoms with E-state index in [0.717, 1.165) is 46.5 Å². The summed E-state index contributed by atoms with van der Waals surface area (Å²) in [4.78, 5) is 25.5. The Bertz CT molecular complexity index is 1440. The van der Waals surface area contributed by atoms with Crippen molar-refractivity contribution < 1.29 is 4.74 Å². The Balaban J connectivity index is 1.52. The van der Waals surface area contributed by atoms with Gasteiger partial charge in [0.25, 0.3) is 5.56 Å². The van der Waals surface area contributed by atoms with Crippen molar-refractivity contribution in [1.29, 1.82) is 5.26 Å². The second kappa shape index (κ2) is 9.74. The number of fused-ring (bicyclic) bond motifs is 1. The van der Waals surface area contributed by atoms with Gasteiger partial charge in [-0.3, -0.25) is 4.79 Å². The number of likely N-dealkylation sites (N-methyl/N-ethyl adjacent to an activating group) is 1. The number of anilines is 1. The van der Waals surface area contributed by atoms with Crippen LogP contribution in [0.5, 0.6) is 0 Å². The molecule has 5 rings (SSSR count). The van der Waals surface area contributed by atoms with Gasteiger partial charge in [-0.25, -0.2) is 4.98 Å². The summed E-state index contributed by atoms with van der Waals surface area (Å²) in [6.45, 7) is 3.73. The summed E-state index contributed by atoms with van der Waals surface area (Å²) in [5.41, 5.74) is 5.05. The second-order valence-corrected chi connectivity index (χ2v) is 9.07. The summed E-state index contributed by atoms with van der Waals surface area (Å²) in [7, 11) is 3.96. The highest BCUT2D eigenvalue weighted by Gasteiger charge is 2.19. The summed E-state index contributed by atoms with van der Waals surface area (Å²) < 4.78 is 7.22. The predicted octanol–water partition coefficient (Wildman–Crippen LogP) is 3.25. The minimum absolute atomic E-state index is 0.0941. The van der Waals surface area contributed by atoms with Gasteiger partial charge in [-0.15, -0.1) is 0 Å². The largest absolute Gasteiger partial charge is 0.378 e. The van der Waals surface area contributed by atoms with Crippen molar-refractivity contribution >= 4 is 16.7 Å². The molecule has 0 spiro atoms. The number of H-pyrrole nitrogens is 1. The molecule has 0 radical (unpaired) electrons. The van der Waals surface area contributed by atoms with Crippen molar-refractivity contribution in [2.45, 2.75) is 6.04 Å². The molecular formula is C27H28N6O2. The molecule has 1 N–H and O–H groups in total. The average molecular weight is 469 g/mol. The van der Waals surface area contributed by atoms with Gasteiger partial charge in [-0.1, -0.05) is 12.1 Å². The molecule has 0 amide bonds. The summed E-state index contributed by atoms with van der Waals surface area (Å²) in [5.74, 6) is 0. The molecule has 1 aliphatic rings. The summed E-state index contributed by atoms with van der Waals surface area (Å²) in [6, 6.07) is 15.2. The van der Waals surface area contributed by atoms with E-state index in [9.17, 15) is 10.1 Å². The molecule has 3 aromatic heterocycles. The number of nitrogens with one attached hydrogen (secondary N) is 1. The first-order valence-corrected chi connectivity index (χ1v) is 11.7. The molecular weight excluding hydrogens is 440 g/mol. The van der Waals surface area contributed by atoms with Crippen molar-refractivity contribution in [3.05, 3.63) is 82.5 Å². The van der Waals surface area contributed by atoms with Gasteiger partial charge >= 0.3 is 0 Å². The van der Waals surface area contributed by atoms with Crippen LogP contribution in [0.4, 0.5) is 5.69 Å². The number of ether oxygens (including phenoxy) is 1. The van der Waals surface area contributed by atoms with Crippen LogP contribution in [-0.2, 0) is 4.74 Å². The number of aromatic nitrogens is 3. The third-order valence-corrected chi connectivity index (χ3v) is 6.43. The lowest BCUT2D eigenvalue weighted by molar-refractivity contribution is 0.122. The lowest BCUT2D eigenvalue weighted by Gasteiger charge is -2.28. The number of hydrogen-bond acceptors (Lipinski definition) is 6. The van der Waals surface area contributed by atoms with Crippen LogP contribution in [0.3, 0.4) is 0 Å². The smallest absolute Gasteiger partial charge is 0.251 e. The fraction of sp³-hybridized carbons (Fsp3) is 0.296. The maximum Gasteiger partial charge on any atom is 0.251 e. The number of morpholine rings is 1. The monoisotopic (exact) mass is 468 g/mol. The maximum atomic E-state index is 13.4. The first kappa shape index (κ1) is 22.8. The van der Waals surface area contributed by atoms with E-state index in [4.69, 9.17) is 4.74 Å². The van der Waals surface area contributed by atoms with Crippen LogP contribution < -0.4 is 10.5 Å². The summed E-state index contributed by atoms with van der Waals surface area (Å²) in [5, 5.41) is 10.3. The lowest BCUT2D eigenvalue weighted by Crippen LogP contribution is -2.36. The third-order valence-electron chi connectivity index (χ3n) is 6.43. The van der Waals surface area contributed by atoms with Crippen LogP contribution in [0.15, 0.2) is 65.8 Å².